The number of nitrogens with zero attached hydrogens (tertiary/aromatic N) is 2. The molecule has 0 radical (unpaired) electrons. The zero-order valence-electron chi connectivity index (χ0n) is 17.0. The van der Waals surface area contributed by atoms with E-state index in [4.69, 9.17) is 24.1 Å². The van der Waals surface area contributed by atoms with E-state index in [1.165, 1.54) is 0 Å². The number of aromatic nitrogens is 1. The van der Waals surface area contributed by atoms with Crippen LogP contribution in [0.1, 0.15) is 22.3 Å². The summed E-state index contributed by atoms with van der Waals surface area (Å²) < 4.78 is 48.1. The smallest absolute Gasteiger partial charge is 0.475 e. The SMILES string of the molecule is CO[C@@H]1CCN(C(=O)c2ccc3c(c2)OCO3)[C@H]1Cc1cccnc1.O=C(O)C(F)(F)F. The molecule has 1 fully saturated rings. The Kier molecular flexibility index (Phi) is 7.18. The minimum Gasteiger partial charge on any atom is -0.475 e. The van der Waals surface area contributed by atoms with E-state index in [0.717, 1.165) is 18.4 Å². The van der Waals surface area contributed by atoms with Crippen molar-refractivity contribution in [2.24, 2.45) is 0 Å². The highest BCUT2D eigenvalue weighted by Crippen LogP contribution is 2.34. The molecule has 2 aliphatic rings. The van der Waals surface area contributed by atoms with Crippen molar-refractivity contribution < 1.29 is 42.1 Å². The molecule has 0 saturated carbocycles. The number of carboxylic acid groups (broad SMARTS) is 1. The number of rotatable bonds is 4. The van der Waals surface area contributed by atoms with Crippen LogP contribution in [0.5, 0.6) is 11.5 Å². The first-order valence-electron chi connectivity index (χ1n) is 9.63. The van der Waals surface area contributed by atoms with Crippen molar-refractivity contribution in [1.82, 2.24) is 9.88 Å². The van der Waals surface area contributed by atoms with Gasteiger partial charge in [0.2, 0.25) is 6.79 Å². The lowest BCUT2D eigenvalue weighted by Crippen LogP contribution is -2.41. The normalized spacial score (nSPS) is 19.3. The van der Waals surface area contributed by atoms with E-state index < -0.39 is 12.1 Å². The number of ether oxygens (including phenoxy) is 3. The number of likely N-dealkylation sites (tertiary alicyclic amines) is 1. The summed E-state index contributed by atoms with van der Waals surface area (Å²) in [5.74, 6) is -1.46. The quantitative estimate of drug-likeness (QED) is 0.759. The number of fused-ring (bicyclic) bond motifs is 1. The molecule has 3 heterocycles. The molecular weight excluding hydrogens is 433 g/mol. The number of carbonyl (C=O) groups excluding carboxylic acids is 1. The number of methoxy groups -OCH3 is 1. The second-order valence-corrected chi connectivity index (χ2v) is 7.07. The fourth-order valence-electron chi connectivity index (χ4n) is 3.55. The molecule has 1 aromatic carbocycles. The van der Waals surface area contributed by atoms with Crippen molar-refractivity contribution in [1.29, 1.82) is 0 Å². The van der Waals surface area contributed by atoms with Crippen LogP contribution >= 0.6 is 0 Å². The number of alkyl halides is 3. The lowest BCUT2D eigenvalue weighted by molar-refractivity contribution is -0.192. The Hall–Kier alpha value is -3.34. The third-order valence-electron chi connectivity index (χ3n) is 5.08. The largest absolute Gasteiger partial charge is 0.490 e. The van der Waals surface area contributed by atoms with Gasteiger partial charge in [-0.3, -0.25) is 9.78 Å². The van der Waals surface area contributed by atoms with Crippen molar-refractivity contribution in [3.8, 4) is 11.5 Å². The molecule has 2 atom stereocenters. The lowest BCUT2D eigenvalue weighted by atomic mass is 10.0. The average molecular weight is 454 g/mol. The summed E-state index contributed by atoms with van der Waals surface area (Å²) in [7, 11) is 1.70. The molecule has 172 valence electrons. The zero-order valence-corrected chi connectivity index (χ0v) is 17.0. The van der Waals surface area contributed by atoms with Gasteiger partial charge in [0.25, 0.3) is 5.91 Å². The van der Waals surface area contributed by atoms with Crippen molar-refractivity contribution in [2.45, 2.75) is 31.2 Å². The molecule has 1 N–H and O–H groups in total. The molecular formula is C21H21F3N2O6. The van der Waals surface area contributed by atoms with Gasteiger partial charge in [-0.25, -0.2) is 4.79 Å². The molecule has 32 heavy (non-hydrogen) atoms. The fourth-order valence-corrected chi connectivity index (χ4v) is 3.55. The van der Waals surface area contributed by atoms with E-state index in [1.54, 1.807) is 31.5 Å². The number of carbonyl (C=O) groups is 2. The van der Waals surface area contributed by atoms with Crippen LogP contribution < -0.4 is 9.47 Å². The van der Waals surface area contributed by atoms with Crippen LogP contribution in [0.3, 0.4) is 0 Å². The third-order valence-corrected chi connectivity index (χ3v) is 5.08. The maximum atomic E-state index is 13.1. The first-order valence-corrected chi connectivity index (χ1v) is 9.63. The molecule has 0 spiro atoms. The van der Waals surface area contributed by atoms with Gasteiger partial charge in [-0.1, -0.05) is 6.07 Å². The Bertz CT molecular complexity index is 954. The third kappa shape index (κ3) is 5.47. The predicted octanol–water partition coefficient (Wildman–Crippen LogP) is 2.92. The van der Waals surface area contributed by atoms with Crippen molar-refractivity contribution >= 4 is 11.9 Å². The number of pyridine rings is 1. The standard InChI is InChI=1S/C19H20N2O4.C2HF3O2/c1-23-16-6-8-21(15(16)9-13-3-2-7-20-11-13)19(22)14-4-5-17-18(10-14)25-12-24-17;3-2(4,5)1(6)7/h2-5,7,10-11,15-16H,6,8-9,12H2,1H3;(H,6,7)/t15-,16+;/m0./s1. The number of hydrogen-bond acceptors (Lipinski definition) is 6. The van der Waals surface area contributed by atoms with Gasteiger partial charge in [0.05, 0.1) is 12.1 Å². The number of benzene rings is 1. The second kappa shape index (κ2) is 9.86. The monoisotopic (exact) mass is 454 g/mol. The van der Waals surface area contributed by atoms with Crippen molar-refractivity contribution in [3.63, 3.8) is 0 Å². The van der Waals surface area contributed by atoms with Gasteiger partial charge in [0, 0.05) is 31.6 Å². The Morgan fingerprint density at radius 3 is 2.59 bits per heavy atom. The Morgan fingerprint density at radius 1 is 1.25 bits per heavy atom. The highest BCUT2D eigenvalue weighted by Gasteiger charge is 2.39. The Morgan fingerprint density at radius 2 is 1.97 bits per heavy atom. The minimum atomic E-state index is -5.08. The van der Waals surface area contributed by atoms with Gasteiger partial charge in [-0.05, 0) is 42.7 Å². The van der Waals surface area contributed by atoms with Crippen LogP contribution in [-0.4, -0.2) is 65.6 Å². The number of hydrogen-bond donors (Lipinski definition) is 1. The first-order chi connectivity index (χ1) is 15.2. The Labute approximate surface area is 181 Å². The average Bonchev–Trinajstić information content (AvgIpc) is 3.40. The highest BCUT2D eigenvalue weighted by atomic mass is 19.4. The zero-order chi connectivity index (χ0) is 23.3. The van der Waals surface area contributed by atoms with E-state index in [-0.39, 0.29) is 24.8 Å². The summed E-state index contributed by atoms with van der Waals surface area (Å²) >= 11 is 0. The number of aliphatic carboxylic acids is 1. The molecule has 2 aliphatic heterocycles. The summed E-state index contributed by atoms with van der Waals surface area (Å²) in [5.41, 5.74) is 1.71. The molecule has 2 aromatic rings. The van der Waals surface area contributed by atoms with Gasteiger partial charge < -0.3 is 24.2 Å². The van der Waals surface area contributed by atoms with Crippen LogP contribution in [0, 0.1) is 0 Å². The van der Waals surface area contributed by atoms with Crippen LogP contribution in [-0.2, 0) is 16.0 Å². The van der Waals surface area contributed by atoms with Crippen LogP contribution in [0.15, 0.2) is 42.7 Å². The maximum Gasteiger partial charge on any atom is 0.490 e. The Balaban J connectivity index is 0.000000360. The van der Waals surface area contributed by atoms with Crippen LogP contribution in [0.25, 0.3) is 0 Å². The van der Waals surface area contributed by atoms with Gasteiger partial charge in [0.15, 0.2) is 11.5 Å². The summed E-state index contributed by atoms with van der Waals surface area (Å²) in [6, 6.07) is 9.27. The second-order valence-electron chi connectivity index (χ2n) is 7.07. The summed E-state index contributed by atoms with van der Waals surface area (Å²) in [4.78, 5) is 28.0. The van der Waals surface area contributed by atoms with Gasteiger partial charge >= 0.3 is 12.1 Å². The van der Waals surface area contributed by atoms with Gasteiger partial charge in [-0.2, -0.15) is 13.2 Å². The van der Waals surface area contributed by atoms with E-state index in [2.05, 4.69) is 4.98 Å². The summed E-state index contributed by atoms with van der Waals surface area (Å²) in [5, 5.41) is 7.12. The van der Waals surface area contributed by atoms with E-state index in [1.807, 2.05) is 23.2 Å². The highest BCUT2D eigenvalue weighted by molar-refractivity contribution is 5.95. The molecule has 1 aromatic heterocycles. The van der Waals surface area contributed by atoms with Gasteiger partial charge in [-0.15, -0.1) is 0 Å². The van der Waals surface area contributed by atoms with Gasteiger partial charge in [0.1, 0.15) is 0 Å². The summed E-state index contributed by atoms with van der Waals surface area (Å²) in [6.07, 6.45) is 0.0917. The number of amides is 1. The van der Waals surface area contributed by atoms with E-state index >= 15 is 0 Å². The number of halogens is 3. The molecule has 1 saturated heterocycles. The van der Waals surface area contributed by atoms with Crippen molar-refractivity contribution in [3.05, 3.63) is 53.9 Å². The maximum absolute atomic E-state index is 13.1. The molecule has 8 nitrogen and oxygen atoms in total. The molecule has 0 bridgehead atoms. The van der Waals surface area contributed by atoms with Crippen LogP contribution in [0.4, 0.5) is 13.2 Å². The molecule has 11 heteroatoms. The molecule has 0 unspecified atom stereocenters. The van der Waals surface area contributed by atoms with E-state index in [9.17, 15) is 18.0 Å². The minimum absolute atomic E-state index is 0.00729. The predicted molar refractivity (Wildman–Crippen MR) is 104 cm³/mol. The van der Waals surface area contributed by atoms with Crippen molar-refractivity contribution in [2.75, 3.05) is 20.4 Å². The first kappa shape index (κ1) is 23.3. The number of carboxylic acids is 1. The van der Waals surface area contributed by atoms with Crippen LogP contribution in [0.2, 0.25) is 0 Å². The lowest BCUT2D eigenvalue weighted by Gasteiger charge is -2.28. The molecule has 4 rings (SSSR count). The van der Waals surface area contributed by atoms with E-state index in [0.29, 0.717) is 23.6 Å². The summed E-state index contributed by atoms with van der Waals surface area (Å²) in [6.45, 7) is 0.878. The molecule has 0 aliphatic carbocycles. The fraction of sp³-hybridized carbons (Fsp3) is 0.381. The topological polar surface area (TPSA) is 98.2 Å². The molecule has 1 amide bonds.